The largest absolute Gasteiger partial charge is 0.508 e. The molecule has 12 heteroatoms. The van der Waals surface area contributed by atoms with Gasteiger partial charge in [-0.3, -0.25) is 14.4 Å². The van der Waals surface area contributed by atoms with Crippen LogP contribution in [0.1, 0.15) is 30.4 Å². The number of fused-ring (bicyclic) bond motifs is 3. The highest BCUT2D eigenvalue weighted by atomic mass is 32.1. The fraction of sp³-hybridized carbons (Fsp3) is 0.241. The number of hydrogen-bond donors (Lipinski definition) is 6. The molecule has 1 heterocycles. The number of aromatic nitrogens is 1. The standard InChI is InChI=1S/C29H23FN2O8S/c1-10-13-6-7-14(28-32-9-17(41-28)11-2-4-12(30)5-3-11)22(34)19(13)24(36)21-18(10)23(35)15-8-16(33)20(27(31)39)25(37)29(15,40)26(21)38/h2-7,9-10,15,18,23,34-37,40H,8H2,1H3,(H2,31,39). The number of carbonyl (C=O) groups excluding carboxylic acids is 3. The zero-order chi connectivity index (χ0) is 29.5. The van der Waals surface area contributed by atoms with Gasteiger partial charge in [-0.25, -0.2) is 9.37 Å². The maximum atomic E-state index is 13.8. The lowest BCUT2D eigenvalue weighted by Gasteiger charge is -2.50. The third-order valence-corrected chi connectivity index (χ3v) is 9.45. The molecule has 210 valence electrons. The van der Waals surface area contributed by atoms with Gasteiger partial charge in [-0.2, -0.15) is 0 Å². The minimum Gasteiger partial charge on any atom is -0.508 e. The van der Waals surface area contributed by atoms with Gasteiger partial charge in [0.2, 0.25) is 5.78 Å². The highest BCUT2D eigenvalue weighted by Crippen LogP contribution is 2.56. The predicted molar refractivity (Wildman–Crippen MR) is 144 cm³/mol. The lowest BCUT2D eigenvalue weighted by atomic mass is 9.55. The molecule has 1 fully saturated rings. The Kier molecular flexibility index (Phi) is 5.93. The second-order valence-electron chi connectivity index (χ2n) is 10.4. The van der Waals surface area contributed by atoms with Crippen molar-refractivity contribution in [1.29, 1.82) is 0 Å². The number of aliphatic hydroxyl groups is 4. The molecule has 3 aliphatic rings. The number of carbonyl (C=O) groups is 3. The number of nitrogens with two attached hydrogens (primary N) is 1. The summed E-state index contributed by atoms with van der Waals surface area (Å²) in [5.41, 5.74) is 2.11. The molecule has 2 aromatic carbocycles. The number of hydrogen-bond acceptors (Lipinski definition) is 10. The summed E-state index contributed by atoms with van der Waals surface area (Å²) in [5, 5.41) is 56.6. The van der Waals surface area contributed by atoms with Gasteiger partial charge in [0.15, 0.2) is 11.4 Å². The van der Waals surface area contributed by atoms with E-state index in [-0.39, 0.29) is 11.1 Å². The molecule has 1 aromatic heterocycles. The van der Waals surface area contributed by atoms with Crippen LogP contribution in [-0.4, -0.2) is 59.7 Å². The molecule has 3 aromatic rings. The molecule has 5 atom stereocenters. The average molecular weight is 579 g/mol. The van der Waals surface area contributed by atoms with E-state index in [4.69, 9.17) is 5.73 Å². The Morgan fingerprint density at radius 3 is 2.46 bits per heavy atom. The zero-order valence-corrected chi connectivity index (χ0v) is 22.1. The molecule has 0 aliphatic heterocycles. The van der Waals surface area contributed by atoms with E-state index >= 15 is 0 Å². The molecule has 0 saturated heterocycles. The number of phenols is 1. The fourth-order valence-electron chi connectivity index (χ4n) is 6.32. The quantitative estimate of drug-likeness (QED) is 0.254. The van der Waals surface area contributed by atoms with Crippen molar-refractivity contribution in [2.24, 2.45) is 17.6 Å². The third kappa shape index (κ3) is 3.61. The van der Waals surface area contributed by atoms with Crippen molar-refractivity contribution in [3.8, 4) is 26.8 Å². The zero-order valence-electron chi connectivity index (χ0n) is 21.3. The Morgan fingerprint density at radius 2 is 1.80 bits per heavy atom. The molecule has 1 amide bonds. The molecule has 10 nitrogen and oxygen atoms in total. The monoisotopic (exact) mass is 578 g/mol. The lowest BCUT2D eigenvalue weighted by molar-refractivity contribution is -0.160. The SMILES string of the molecule is CC1c2ccc(-c3ncc(-c4ccc(F)cc4)s3)c(O)c2C(O)=C2C(=O)C3(O)C(O)=C(C(N)=O)C(=O)CC3C(O)C21. The topological polar surface area (TPSA) is 191 Å². The van der Waals surface area contributed by atoms with E-state index in [0.29, 0.717) is 21.0 Å². The van der Waals surface area contributed by atoms with E-state index in [1.54, 1.807) is 37.4 Å². The summed E-state index contributed by atoms with van der Waals surface area (Å²) in [4.78, 5) is 43.3. The summed E-state index contributed by atoms with van der Waals surface area (Å²) >= 11 is 1.20. The number of aliphatic hydroxyl groups excluding tert-OH is 3. The molecule has 41 heavy (non-hydrogen) atoms. The molecular formula is C29H23FN2O8S. The van der Waals surface area contributed by atoms with E-state index in [9.17, 15) is 44.3 Å². The first-order chi connectivity index (χ1) is 19.4. The molecule has 5 unspecified atom stereocenters. The van der Waals surface area contributed by atoms with Crippen LogP contribution in [0.4, 0.5) is 4.39 Å². The summed E-state index contributed by atoms with van der Waals surface area (Å²) in [6.07, 6.45) is -0.687. The maximum Gasteiger partial charge on any atom is 0.255 e. The van der Waals surface area contributed by atoms with Crippen LogP contribution in [-0.2, 0) is 14.4 Å². The lowest BCUT2D eigenvalue weighted by Crippen LogP contribution is -2.63. The van der Waals surface area contributed by atoms with Gasteiger partial charge >= 0.3 is 0 Å². The van der Waals surface area contributed by atoms with Gasteiger partial charge < -0.3 is 31.3 Å². The summed E-state index contributed by atoms with van der Waals surface area (Å²) < 4.78 is 13.4. The van der Waals surface area contributed by atoms with E-state index in [2.05, 4.69) is 4.98 Å². The first-order valence-corrected chi connectivity index (χ1v) is 13.4. The molecular weight excluding hydrogens is 555 g/mol. The van der Waals surface area contributed by atoms with Gasteiger partial charge in [0, 0.05) is 30.0 Å². The van der Waals surface area contributed by atoms with Crippen LogP contribution in [0.2, 0.25) is 0 Å². The van der Waals surface area contributed by atoms with Crippen molar-refractivity contribution in [3.05, 3.63) is 76.4 Å². The van der Waals surface area contributed by atoms with Crippen LogP contribution >= 0.6 is 11.3 Å². The molecule has 3 aliphatic carbocycles. The average Bonchev–Trinajstić information content (AvgIpc) is 3.41. The van der Waals surface area contributed by atoms with Crippen LogP contribution in [0.15, 0.2) is 59.5 Å². The number of thiazole rings is 1. The minimum absolute atomic E-state index is 0.118. The first-order valence-electron chi connectivity index (χ1n) is 12.6. The summed E-state index contributed by atoms with van der Waals surface area (Å²) in [6, 6.07) is 8.99. The van der Waals surface area contributed by atoms with Crippen molar-refractivity contribution in [3.63, 3.8) is 0 Å². The number of aromatic hydroxyl groups is 1. The van der Waals surface area contributed by atoms with Gasteiger partial charge in [-0.15, -0.1) is 11.3 Å². The van der Waals surface area contributed by atoms with Crippen molar-refractivity contribution in [1.82, 2.24) is 4.98 Å². The second kappa shape index (κ2) is 9.06. The number of halogens is 1. The summed E-state index contributed by atoms with van der Waals surface area (Å²) in [7, 11) is 0. The summed E-state index contributed by atoms with van der Waals surface area (Å²) in [5.74, 6) is -9.60. The number of phenolic OH excluding ortho intramolecular Hbond substituents is 1. The second-order valence-corrected chi connectivity index (χ2v) is 11.5. The van der Waals surface area contributed by atoms with Gasteiger partial charge in [-0.05, 0) is 35.2 Å². The van der Waals surface area contributed by atoms with E-state index in [0.717, 1.165) is 0 Å². The van der Waals surface area contributed by atoms with Crippen LogP contribution in [0.25, 0.3) is 26.8 Å². The van der Waals surface area contributed by atoms with Crippen molar-refractivity contribution in [2.45, 2.75) is 31.0 Å². The first kappa shape index (κ1) is 26.8. The number of rotatable bonds is 3. The normalized spacial score (nSPS) is 27.4. The molecule has 6 rings (SSSR count). The van der Waals surface area contributed by atoms with E-state index < -0.39 is 87.6 Å². The molecule has 0 radical (unpaired) electrons. The van der Waals surface area contributed by atoms with Crippen LogP contribution < -0.4 is 5.73 Å². The highest BCUT2D eigenvalue weighted by Gasteiger charge is 2.64. The number of ketones is 2. The number of primary amides is 1. The van der Waals surface area contributed by atoms with Crippen LogP contribution in [0, 0.1) is 17.7 Å². The number of amides is 1. The summed E-state index contributed by atoms with van der Waals surface area (Å²) in [6.45, 7) is 1.65. The number of nitrogens with zero attached hydrogens (tertiary/aromatic N) is 1. The van der Waals surface area contributed by atoms with Crippen molar-refractivity contribution in [2.75, 3.05) is 0 Å². The maximum absolute atomic E-state index is 13.8. The molecule has 7 N–H and O–H groups in total. The Bertz CT molecular complexity index is 1740. The Labute approximate surface area is 235 Å². The smallest absolute Gasteiger partial charge is 0.255 e. The molecule has 0 spiro atoms. The third-order valence-electron chi connectivity index (χ3n) is 8.37. The number of Topliss-reactive ketones (excluding diaryl/α,β-unsaturated/α-hetero) is 2. The molecule has 0 bridgehead atoms. The Hall–Kier alpha value is -4.39. The van der Waals surface area contributed by atoms with Crippen molar-refractivity contribution < 1.29 is 44.3 Å². The van der Waals surface area contributed by atoms with Gasteiger partial charge in [0.25, 0.3) is 5.91 Å². The van der Waals surface area contributed by atoms with E-state index in [1.807, 2.05) is 0 Å². The van der Waals surface area contributed by atoms with Crippen LogP contribution in [0.3, 0.4) is 0 Å². The number of benzene rings is 2. The molecule has 1 saturated carbocycles. The fourth-order valence-corrected chi connectivity index (χ4v) is 7.26. The Morgan fingerprint density at radius 1 is 1.12 bits per heavy atom. The van der Waals surface area contributed by atoms with Gasteiger partial charge in [-0.1, -0.05) is 25.1 Å². The highest BCUT2D eigenvalue weighted by molar-refractivity contribution is 7.18. The Balaban J connectivity index is 1.50. The van der Waals surface area contributed by atoms with Crippen molar-refractivity contribution >= 4 is 34.6 Å². The van der Waals surface area contributed by atoms with Gasteiger partial charge in [0.1, 0.15) is 33.7 Å². The van der Waals surface area contributed by atoms with Crippen LogP contribution in [0.5, 0.6) is 5.75 Å². The predicted octanol–water partition coefficient (Wildman–Crippen LogP) is 2.89. The van der Waals surface area contributed by atoms with Gasteiger partial charge in [0.05, 0.1) is 22.1 Å². The van der Waals surface area contributed by atoms with E-state index in [1.165, 1.54) is 23.5 Å². The minimum atomic E-state index is -2.90.